The predicted octanol–water partition coefficient (Wildman–Crippen LogP) is 11.1. The number of furan rings is 1. The number of aryl methyl sites for hydroxylation is 1. The Morgan fingerprint density at radius 3 is 1.96 bits per heavy atom. The quantitative estimate of drug-likeness (QED) is 0.0944. The number of aromatic nitrogens is 2. The predicted molar refractivity (Wildman–Crippen MR) is 186 cm³/mol. The fourth-order valence-electron chi connectivity index (χ4n) is 5.57. The second-order valence-corrected chi connectivity index (χ2v) is 12.5. The Kier molecular flexibility index (Phi) is 10.9. The average Bonchev–Trinajstić information content (AvgIpc) is 3.42. The van der Waals surface area contributed by atoms with Crippen molar-refractivity contribution in [1.29, 1.82) is 0 Å². The van der Waals surface area contributed by atoms with E-state index in [0.717, 1.165) is 75.4 Å². The fourth-order valence-corrected chi connectivity index (χ4v) is 5.57. The van der Waals surface area contributed by atoms with Crippen molar-refractivity contribution in [3.05, 3.63) is 96.5 Å². The van der Waals surface area contributed by atoms with Crippen LogP contribution >= 0.6 is 0 Å². The number of ketones is 1. The standard InChI is InChI=1S/C25H15N2O.C15H28O2.Ir/c1-15-26-23(20-11-10-16-6-2-3-7-17(16)12-20)25-24(27-15)21-13-18-8-4-5-9-19(18)14-22(21)28-25;1-7-14(5,8-2)12(16)11-13(17)15(6,9-3)10-4;/h2-10,12-14H,1H3;11,16H,7-10H2,1-6H3;/q-1;;/b;12-11-;. The first-order chi connectivity index (χ1) is 21.6. The topological polar surface area (TPSA) is 76.2 Å². The van der Waals surface area contributed by atoms with Gasteiger partial charge in [-0.25, -0.2) is 4.98 Å². The van der Waals surface area contributed by atoms with Crippen LogP contribution in [0, 0.1) is 23.8 Å². The third-order valence-corrected chi connectivity index (χ3v) is 9.83. The molecule has 1 radical (unpaired) electrons. The summed E-state index contributed by atoms with van der Waals surface area (Å²) in [6, 6.07) is 28.3. The van der Waals surface area contributed by atoms with Gasteiger partial charge in [-0.15, -0.1) is 29.1 Å². The molecule has 0 unspecified atom stereocenters. The third-order valence-electron chi connectivity index (χ3n) is 9.83. The van der Waals surface area contributed by atoms with Crippen LogP contribution in [0.2, 0.25) is 0 Å². The SMILES string of the molecule is CCC(C)(CC)C(=O)/C=C(\O)C(C)(CC)CC.Cc1nc(-c2[c-]cc3ccccc3c2)c2oc3cc4ccccc4cc3c2n1.[Ir]. The number of aliphatic hydroxyl groups excluding tert-OH is 1. The molecule has 0 fully saturated rings. The zero-order chi connectivity index (χ0) is 32.4. The van der Waals surface area contributed by atoms with Crippen LogP contribution in [-0.2, 0) is 24.9 Å². The molecule has 6 aromatic rings. The first-order valence-corrected chi connectivity index (χ1v) is 16.0. The average molecular weight is 792 g/mol. The maximum atomic E-state index is 12.2. The molecule has 0 saturated heterocycles. The van der Waals surface area contributed by atoms with Crippen molar-refractivity contribution in [2.24, 2.45) is 10.8 Å². The minimum Gasteiger partial charge on any atom is -0.512 e. The van der Waals surface area contributed by atoms with Crippen LogP contribution in [0.1, 0.15) is 73.1 Å². The van der Waals surface area contributed by atoms with Gasteiger partial charge in [-0.1, -0.05) is 95.5 Å². The molecule has 0 amide bonds. The molecule has 0 bridgehead atoms. The first kappa shape index (κ1) is 35.0. The van der Waals surface area contributed by atoms with Crippen LogP contribution in [0.5, 0.6) is 0 Å². The molecule has 0 aliphatic heterocycles. The summed E-state index contributed by atoms with van der Waals surface area (Å²) >= 11 is 0. The van der Waals surface area contributed by atoms with E-state index in [2.05, 4.69) is 48.5 Å². The Labute approximate surface area is 285 Å². The van der Waals surface area contributed by atoms with Gasteiger partial charge in [0.2, 0.25) is 0 Å². The summed E-state index contributed by atoms with van der Waals surface area (Å²) in [6.45, 7) is 14.0. The molecule has 0 saturated carbocycles. The van der Waals surface area contributed by atoms with E-state index in [0.29, 0.717) is 5.58 Å². The number of hydrogen-bond donors (Lipinski definition) is 1. The number of carbonyl (C=O) groups excluding carboxylic acids is 1. The molecule has 6 rings (SSSR count). The molecule has 2 aromatic heterocycles. The second-order valence-electron chi connectivity index (χ2n) is 12.5. The van der Waals surface area contributed by atoms with Gasteiger partial charge in [0.15, 0.2) is 5.78 Å². The van der Waals surface area contributed by atoms with Gasteiger partial charge >= 0.3 is 0 Å². The van der Waals surface area contributed by atoms with Gasteiger partial charge in [0.05, 0.1) is 0 Å². The monoisotopic (exact) mass is 792 g/mol. The number of aliphatic hydroxyl groups is 1. The normalized spacial score (nSPS) is 12.3. The summed E-state index contributed by atoms with van der Waals surface area (Å²) in [7, 11) is 0. The molecule has 6 heteroatoms. The van der Waals surface area contributed by atoms with E-state index in [-0.39, 0.29) is 42.5 Å². The molecule has 1 N–H and O–H groups in total. The molecule has 5 nitrogen and oxygen atoms in total. The molecule has 241 valence electrons. The second kappa shape index (κ2) is 14.3. The van der Waals surface area contributed by atoms with Crippen LogP contribution in [0.4, 0.5) is 0 Å². The fraction of sp³-hybridized carbons (Fsp3) is 0.325. The zero-order valence-corrected chi connectivity index (χ0v) is 30.2. The van der Waals surface area contributed by atoms with Crippen molar-refractivity contribution < 1.29 is 34.4 Å². The van der Waals surface area contributed by atoms with Crippen molar-refractivity contribution in [3.8, 4) is 11.3 Å². The molecule has 0 aliphatic rings. The molecule has 2 heterocycles. The van der Waals surface area contributed by atoms with Crippen LogP contribution in [0.25, 0.3) is 54.9 Å². The summed E-state index contributed by atoms with van der Waals surface area (Å²) < 4.78 is 6.27. The number of rotatable bonds is 8. The van der Waals surface area contributed by atoms with Crippen molar-refractivity contribution in [2.45, 2.75) is 74.1 Å². The summed E-state index contributed by atoms with van der Waals surface area (Å²) in [5.74, 6) is 1.01. The van der Waals surface area contributed by atoms with Gasteiger partial charge < -0.3 is 9.52 Å². The van der Waals surface area contributed by atoms with Gasteiger partial charge in [-0.05, 0) is 55.5 Å². The molecule has 0 aliphatic carbocycles. The van der Waals surface area contributed by atoms with Crippen LogP contribution in [0.15, 0.2) is 89.0 Å². The van der Waals surface area contributed by atoms with E-state index >= 15 is 0 Å². The van der Waals surface area contributed by atoms with Gasteiger partial charge in [0, 0.05) is 48.1 Å². The van der Waals surface area contributed by atoms with Crippen molar-refractivity contribution >= 4 is 49.4 Å². The minimum atomic E-state index is -0.337. The molecule has 0 spiro atoms. The van der Waals surface area contributed by atoms with Crippen molar-refractivity contribution in [1.82, 2.24) is 9.97 Å². The molecular formula is C40H43IrN2O3-. The number of allylic oxidation sites excluding steroid dienone is 2. The number of carbonyl (C=O) groups is 1. The van der Waals surface area contributed by atoms with Crippen LogP contribution in [-0.4, -0.2) is 20.9 Å². The minimum absolute atomic E-state index is 0. The summed E-state index contributed by atoms with van der Waals surface area (Å²) in [6.07, 6.45) is 4.75. The van der Waals surface area contributed by atoms with Gasteiger partial charge in [-0.3, -0.25) is 9.78 Å². The van der Waals surface area contributed by atoms with Crippen LogP contribution in [0.3, 0.4) is 0 Å². The maximum Gasteiger partial charge on any atom is 0.164 e. The van der Waals surface area contributed by atoms with Crippen molar-refractivity contribution in [3.63, 3.8) is 0 Å². The first-order valence-electron chi connectivity index (χ1n) is 16.0. The number of benzene rings is 4. The molecular weight excluding hydrogens is 749 g/mol. The van der Waals surface area contributed by atoms with Gasteiger partial charge in [0.25, 0.3) is 0 Å². The summed E-state index contributed by atoms with van der Waals surface area (Å²) in [4.78, 5) is 21.6. The number of nitrogens with zero attached hydrogens (tertiary/aromatic N) is 2. The van der Waals surface area contributed by atoms with E-state index in [1.807, 2.05) is 78.8 Å². The van der Waals surface area contributed by atoms with Gasteiger partial charge in [0.1, 0.15) is 28.3 Å². The van der Waals surface area contributed by atoms with E-state index in [9.17, 15) is 9.90 Å². The van der Waals surface area contributed by atoms with Crippen molar-refractivity contribution in [2.75, 3.05) is 0 Å². The number of hydrogen-bond acceptors (Lipinski definition) is 5. The number of fused-ring (bicyclic) bond motifs is 5. The Hall–Kier alpha value is -3.86. The van der Waals surface area contributed by atoms with Crippen LogP contribution < -0.4 is 0 Å². The largest absolute Gasteiger partial charge is 0.512 e. The summed E-state index contributed by atoms with van der Waals surface area (Å²) in [5.41, 5.74) is 3.49. The smallest absolute Gasteiger partial charge is 0.164 e. The van der Waals surface area contributed by atoms with Gasteiger partial charge in [-0.2, -0.15) is 0 Å². The molecule has 0 atom stereocenters. The van der Waals surface area contributed by atoms with E-state index in [4.69, 9.17) is 14.4 Å². The van der Waals surface area contributed by atoms with E-state index < -0.39 is 0 Å². The molecule has 46 heavy (non-hydrogen) atoms. The Morgan fingerprint density at radius 2 is 1.37 bits per heavy atom. The third kappa shape index (κ3) is 6.79. The maximum absolute atomic E-state index is 12.2. The Morgan fingerprint density at radius 1 is 0.826 bits per heavy atom. The van der Waals surface area contributed by atoms with E-state index in [1.54, 1.807) is 0 Å². The van der Waals surface area contributed by atoms with E-state index in [1.165, 1.54) is 11.5 Å². The Balaban J connectivity index is 0.000000234. The zero-order valence-electron chi connectivity index (χ0n) is 27.8. The summed E-state index contributed by atoms with van der Waals surface area (Å²) in [5, 5.41) is 15.8. The molecule has 4 aromatic carbocycles. The Bertz CT molecular complexity index is 2030.